The molecule has 1 fully saturated rings. The van der Waals surface area contributed by atoms with Gasteiger partial charge < -0.3 is 10.5 Å². The van der Waals surface area contributed by atoms with Gasteiger partial charge in [0.25, 0.3) is 0 Å². The molecule has 1 saturated heterocycles. The number of sulfonamides is 1. The molecular weight excluding hydrogens is 240 g/mol. The van der Waals surface area contributed by atoms with Gasteiger partial charge in [-0.3, -0.25) is 0 Å². The van der Waals surface area contributed by atoms with Gasteiger partial charge in [0.05, 0.1) is 12.3 Å². The molecule has 3 N–H and O–H groups in total. The Labute approximate surface area is 101 Å². The summed E-state index contributed by atoms with van der Waals surface area (Å²) in [6, 6.07) is 6.44. The summed E-state index contributed by atoms with van der Waals surface area (Å²) in [5.74, 6) is 0.259. The molecule has 1 aromatic carbocycles. The lowest BCUT2D eigenvalue weighted by Crippen LogP contribution is -2.30. The second-order valence-corrected chi connectivity index (χ2v) is 5.85. The van der Waals surface area contributed by atoms with Crippen LogP contribution in [0.15, 0.2) is 29.2 Å². The van der Waals surface area contributed by atoms with Gasteiger partial charge in [0.15, 0.2) is 0 Å². The summed E-state index contributed by atoms with van der Waals surface area (Å²) in [4.78, 5) is 0.138. The van der Waals surface area contributed by atoms with Crippen molar-refractivity contribution < 1.29 is 13.2 Å². The Morgan fingerprint density at radius 2 is 2.18 bits per heavy atom. The van der Waals surface area contributed by atoms with Crippen LogP contribution >= 0.6 is 0 Å². The summed E-state index contributed by atoms with van der Waals surface area (Å²) in [5.41, 5.74) is 5.91. The molecule has 0 amide bonds. The number of para-hydroxylation sites is 1. The molecule has 0 saturated carbocycles. The highest BCUT2D eigenvalue weighted by Crippen LogP contribution is 2.18. The van der Waals surface area contributed by atoms with Crippen LogP contribution < -0.4 is 10.5 Å². The number of hydrogen-bond donors (Lipinski definition) is 2. The Hall–Kier alpha value is -1.11. The van der Waals surface area contributed by atoms with Crippen LogP contribution in [0.3, 0.4) is 0 Å². The van der Waals surface area contributed by atoms with E-state index in [0.29, 0.717) is 19.8 Å². The van der Waals surface area contributed by atoms with E-state index in [2.05, 4.69) is 4.72 Å². The van der Waals surface area contributed by atoms with Crippen LogP contribution in [-0.4, -0.2) is 28.2 Å². The van der Waals surface area contributed by atoms with Crippen LogP contribution in [0.4, 0.5) is 5.69 Å². The number of rotatable bonds is 4. The number of anilines is 1. The van der Waals surface area contributed by atoms with Gasteiger partial charge in [0.1, 0.15) is 4.90 Å². The van der Waals surface area contributed by atoms with Crippen molar-refractivity contribution in [3.05, 3.63) is 24.3 Å². The van der Waals surface area contributed by atoms with E-state index in [1.54, 1.807) is 18.2 Å². The molecule has 1 aliphatic rings. The third-order valence-electron chi connectivity index (χ3n) is 2.79. The van der Waals surface area contributed by atoms with E-state index in [4.69, 9.17) is 10.5 Å². The van der Waals surface area contributed by atoms with Gasteiger partial charge in [0.2, 0.25) is 10.0 Å². The molecule has 5 nitrogen and oxygen atoms in total. The minimum absolute atomic E-state index is 0.138. The SMILES string of the molecule is Nc1ccccc1S(=O)(=O)NCC1CCOC1. The standard InChI is InChI=1S/C11H16N2O3S/c12-10-3-1-2-4-11(10)17(14,15)13-7-9-5-6-16-8-9/h1-4,9,13H,5-8,12H2. The summed E-state index contributed by atoms with van der Waals surface area (Å²) in [5, 5.41) is 0. The summed E-state index contributed by atoms with van der Waals surface area (Å²) >= 11 is 0. The molecule has 1 unspecified atom stereocenters. The monoisotopic (exact) mass is 256 g/mol. The van der Waals surface area contributed by atoms with Crippen molar-refractivity contribution in [2.75, 3.05) is 25.5 Å². The third kappa shape index (κ3) is 2.96. The maximum Gasteiger partial charge on any atom is 0.242 e. The second-order valence-electron chi connectivity index (χ2n) is 4.12. The van der Waals surface area contributed by atoms with Crippen LogP contribution in [0.2, 0.25) is 0 Å². The smallest absolute Gasteiger partial charge is 0.242 e. The topological polar surface area (TPSA) is 81.4 Å². The lowest BCUT2D eigenvalue weighted by molar-refractivity contribution is 0.186. The molecule has 1 aliphatic heterocycles. The van der Waals surface area contributed by atoms with E-state index >= 15 is 0 Å². The minimum Gasteiger partial charge on any atom is -0.398 e. The number of nitrogen functional groups attached to an aromatic ring is 1. The quantitative estimate of drug-likeness (QED) is 0.772. The Bertz CT molecular complexity index is 481. The van der Waals surface area contributed by atoms with Crippen LogP contribution in [0.5, 0.6) is 0 Å². The average Bonchev–Trinajstić information content (AvgIpc) is 2.80. The second kappa shape index (κ2) is 5.03. The van der Waals surface area contributed by atoms with Gasteiger partial charge in [-0.25, -0.2) is 13.1 Å². The van der Waals surface area contributed by atoms with Crippen LogP contribution in [-0.2, 0) is 14.8 Å². The van der Waals surface area contributed by atoms with Gasteiger partial charge in [-0.2, -0.15) is 0 Å². The third-order valence-corrected chi connectivity index (χ3v) is 4.29. The molecule has 0 bridgehead atoms. The maximum atomic E-state index is 12.0. The van der Waals surface area contributed by atoms with E-state index in [1.807, 2.05) is 0 Å². The summed E-state index contributed by atoms with van der Waals surface area (Å²) in [6.45, 7) is 1.73. The molecule has 0 spiro atoms. The normalized spacial score (nSPS) is 20.6. The highest BCUT2D eigenvalue weighted by Gasteiger charge is 2.21. The molecule has 94 valence electrons. The van der Waals surface area contributed by atoms with Crippen LogP contribution in [0.25, 0.3) is 0 Å². The first-order chi connectivity index (χ1) is 8.09. The fraction of sp³-hybridized carbons (Fsp3) is 0.455. The van der Waals surface area contributed by atoms with Crippen molar-refractivity contribution >= 4 is 15.7 Å². The van der Waals surface area contributed by atoms with Crippen molar-refractivity contribution in [3.8, 4) is 0 Å². The van der Waals surface area contributed by atoms with Crippen molar-refractivity contribution in [2.24, 2.45) is 5.92 Å². The van der Waals surface area contributed by atoms with E-state index in [-0.39, 0.29) is 16.5 Å². The minimum atomic E-state index is -3.51. The van der Waals surface area contributed by atoms with Crippen molar-refractivity contribution in [2.45, 2.75) is 11.3 Å². The Kier molecular flexibility index (Phi) is 3.66. The zero-order valence-corrected chi connectivity index (χ0v) is 10.2. The van der Waals surface area contributed by atoms with E-state index < -0.39 is 10.0 Å². The van der Waals surface area contributed by atoms with Gasteiger partial charge in [-0.15, -0.1) is 0 Å². The van der Waals surface area contributed by atoms with Gasteiger partial charge >= 0.3 is 0 Å². The number of nitrogens with one attached hydrogen (secondary N) is 1. The van der Waals surface area contributed by atoms with E-state index in [1.165, 1.54) is 6.07 Å². The largest absolute Gasteiger partial charge is 0.398 e. The first kappa shape index (κ1) is 12.3. The van der Waals surface area contributed by atoms with Crippen molar-refractivity contribution in [1.82, 2.24) is 4.72 Å². The van der Waals surface area contributed by atoms with Crippen LogP contribution in [0.1, 0.15) is 6.42 Å². The van der Waals surface area contributed by atoms with Gasteiger partial charge in [-0.05, 0) is 24.5 Å². The molecule has 1 heterocycles. The first-order valence-corrected chi connectivity index (χ1v) is 7.00. The molecule has 2 rings (SSSR count). The zero-order valence-electron chi connectivity index (χ0n) is 9.43. The molecule has 0 radical (unpaired) electrons. The first-order valence-electron chi connectivity index (χ1n) is 5.51. The Balaban J connectivity index is 2.06. The predicted octanol–water partition coefficient (Wildman–Crippen LogP) is 0.584. The summed E-state index contributed by atoms with van der Waals surface area (Å²) in [6.07, 6.45) is 0.896. The highest BCUT2D eigenvalue weighted by atomic mass is 32.2. The van der Waals surface area contributed by atoms with E-state index in [9.17, 15) is 8.42 Å². The lowest BCUT2D eigenvalue weighted by Gasteiger charge is -2.11. The maximum absolute atomic E-state index is 12.0. The fourth-order valence-electron chi connectivity index (χ4n) is 1.77. The molecular formula is C11H16N2O3S. The summed E-state index contributed by atoms with van der Waals surface area (Å²) < 4.78 is 31.7. The number of ether oxygens (including phenoxy) is 1. The lowest BCUT2D eigenvalue weighted by atomic mass is 10.1. The Morgan fingerprint density at radius 1 is 1.41 bits per heavy atom. The number of hydrogen-bond acceptors (Lipinski definition) is 4. The van der Waals surface area contributed by atoms with Gasteiger partial charge in [-0.1, -0.05) is 12.1 Å². The highest BCUT2D eigenvalue weighted by molar-refractivity contribution is 7.89. The van der Waals surface area contributed by atoms with Crippen LogP contribution in [0, 0.1) is 5.92 Å². The molecule has 6 heteroatoms. The molecule has 1 atom stereocenters. The fourth-order valence-corrected chi connectivity index (χ4v) is 3.02. The van der Waals surface area contributed by atoms with Crippen molar-refractivity contribution in [3.63, 3.8) is 0 Å². The molecule has 0 aliphatic carbocycles. The summed E-state index contributed by atoms with van der Waals surface area (Å²) in [7, 11) is -3.51. The molecule has 17 heavy (non-hydrogen) atoms. The molecule has 1 aromatic rings. The average molecular weight is 256 g/mol. The molecule has 0 aromatic heterocycles. The number of benzene rings is 1. The van der Waals surface area contributed by atoms with Crippen molar-refractivity contribution in [1.29, 1.82) is 0 Å². The zero-order chi connectivity index (χ0) is 12.3. The van der Waals surface area contributed by atoms with E-state index in [0.717, 1.165) is 6.42 Å². The van der Waals surface area contributed by atoms with Gasteiger partial charge in [0, 0.05) is 13.2 Å². The Morgan fingerprint density at radius 3 is 2.82 bits per heavy atom. The number of nitrogens with two attached hydrogens (primary N) is 1. The predicted molar refractivity (Wildman–Crippen MR) is 65.0 cm³/mol.